The fourth-order valence-electron chi connectivity index (χ4n) is 2.67. The molecule has 2 aromatic rings. The van der Waals surface area contributed by atoms with Gasteiger partial charge in [-0.2, -0.15) is 0 Å². The quantitative estimate of drug-likeness (QED) is 0.694. The Kier molecular flexibility index (Phi) is 6.71. The highest BCUT2D eigenvalue weighted by Crippen LogP contribution is 2.06. The van der Waals surface area contributed by atoms with Crippen LogP contribution < -0.4 is 15.5 Å². The largest absolute Gasteiger partial charge is 0.355 e. The number of likely N-dealkylation sites (N-methyl/N-ethyl adjacent to an activating group) is 1. The summed E-state index contributed by atoms with van der Waals surface area (Å²) in [5.74, 6) is -0.0643. The van der Waals surface area contributed by atoms with Gasteiger partial charge in [-0.05, 0) is 30.2 Å². The summed E-state index contributed by atoms with van der Waals surface area (Å²) in [4.78, 5) is 24.8. The Balaban J connectivity index is 1.81. The maximum atomic E-state index is 12.1. The fourth-order valence-corrected chi connectivity index (χ4v) is 2.67. The van der Waals surface area contributed by atoms with Gasteiger partial charge < -0.3 is 15.5 Å². The van der Waals surface area contributed by atoms with E-state index in [1.54, 1.807) is 19.2 Å². The number of nitrogens with one attached hydrogen (secondary N) is 3. The van der Waals surface area contributed by atoms with Crippen molar-refractivity contribution < 1.29 is 14.5 Å². The van der Waals surface area contributed by atoms with E-state index in [0.717, 1.165) is 22.6 Å². The fraction of sp³-hybridized carbons (Fsp3) is 0.300. The van der Waals surface area contributed by atoms with Crippen LogP contribution in [-0.4, -0.2) is 32.5 Å². The van der Waals surface area contributed by atoms with E-state index in [4.69, 9.17) is 0 Å². The molecule has 25 heavy (non-hydrogen) atoms. The normalized spacial score (nSPS) is 11.6. The number of hydrogen-bond donors (Lipinski definition) is 3. The van der Waals surface area contributed by atoms with Gasteiger partial charge in [0.2, 0.25) is 0 Å². The molecule has 0 aromatic heterocycles. The zero-order chi connectivity index (χ0) is 18.2. The first-order chi connectivity index (χ1) is 12.0. The molecule has 0 heterocycles. The van der Waals surface area contributed by atoms with E-state index in [1.165, 1.54) is 5.56 Å². The van der Waals surface area contributed by atoms with Crippen molar-refractivity contribution in [2.45, 2.75) is 20.0 Å². The van der Waals surface area contributed by atoms with Gasteiger partial charge in [-0.1, -0.05) is 36.4 Å². The van der Waals surface area contributed by atoms with Crippen molar-refractivity contribution in [1.29, 1.82) is 0 Å². The summed E-state index contributed by atoms with van der Waals surface area (Å²) < 4.78 is 0. The van der Waals surface area contributed by atoms with E-state index in [2.05, 4.69) is 10.6 Å². The molecule has 2 rings (SSSR count). The lowest BCUT2D eigenvalue weighted by molar-refractivity contribution is -0.885. The van der Waals surface area contributed by atoms with Crippen molar-refractivity contribution >= 4 is 11.8 Å². The number of rotatable bonds is 7. The van der Waals surface area contributed by atoms with Crippen molar-refractivity contribution in [3.05, 3.63) is 70.8 Å². The second kappa shape index (κ2) is 8.99. The molecule has 3 N–H and O–H groups in total. The molecule has 0 fully saturated rings. The van der Waals surface area contributed by atoms with Gasteiger partial charge >= 0.3 is 0 Å². The zero-order valence-corrected chi connectivity index (χ0v) is 15.1. The Morgan fingerprint density at radius 1 is 1.04 bits per heavy atom. The van der Waals surface area contributed by atoms with Gasteiger partial charge in [0.1, 0.15) is 6.54 Å². The van der Waals surface area contributed by atoms with E-state index in [9.17, 15) is 9.59 Å². The first kappa shape index (κ1) is 18.7. The van der Waals surface area contributed by atoms with Crippen molar-refractivity contribution in [3.8, 4) is 0 Å². The van der Waals surface area contributed by atoms with Gasteiger partial charge in [-0.25, -0.2) is 0 Å². The summed E-state index contributed by atoms with van der Waals surface area (Å²) >= 11 is 0. The average Bonchev–Trinajstić information content (AvgIpc) is 2.61. The molecule has 0 saturated heterocycles. The summed E-state index contributed by atoms with van der Waals surface area (Å²) in [6.45, 7) is 3.73. The molecule has 0 spiro atoms. The SMILES string of the molecule is CNC(=O)c1ccc(C[NH+](C)CC(=O)NCc2ccccc2C)cc1. The summed E-state index contributed by atoms with van der Waals surface area (Å²) in [6, 6.07) is 15.5. The minimum Gasteiger partial charge on any atom is -0.355 e. The van der Waals surface area contributed by atoms with Crippen LogP contribution in [-0.2, 0) is 17.9 Å². The molecule has 0 radical (unpaired) electrons. The zero-order valence-electron chi connectivity index (χ0n) is 15.1. The Bertz CT molecular complexity index is 726. The summed E-state index contributed by atoms with van der Waals surface area (Å²) in [5.41, 5.74) is 4.05. The molecule has 2 amide bonds. The topological polar surface area (TPSA) is 62.6 Å². The maximum Gasteiger partial charge on any atom is 0.275 e. The number of amides is 2. The second-order valence-corrected chi connectivity index (χ2v) is 6.29. The third-order valence-electron chi connectivity index (χ3n) is 4.15. The molecule has 5 nitrogen and oxygen atoms in total. The van der Waals surface area contributed by atoms with E-state index in [-0.39, 0.29) is 11.8 Å². The number of carbonyl (C=O) groups excluding carboxylic acids is 2. The molecule has 1 unspecified atom stereocenters. The van der Waals surface area contributed by atoms with E-state index >= 15 is 0 Å². The second-order valence-electron chi connectivity index (χ2n) is 6.29. The van der Waals surface area contributed by atoms with E-state index in [0.29, 0.717) is 18.7 Å². The average molecular weight is 340 g/mol. The van der Waals surface area contributed by atoms with Crippen LogP contribution in [0.25, 0.3) is 0 Å². The van der Waals surface area contributed by atoms with Gasteiger partial charge in [0.25, 0.3) is 11.8 Å². The van der Waals surface area contributed by atoms with Gasteiger partial charge in [0.05, 0.1) is 7.05 Å². The summed E-state index contributed by atoms with van der Waals surface area (Å²) in [6.07, 6.45) is 0. The molecule has 132 valence electrons. The highest BCUT2D eigenvalue weighted by Gasteiger charge is 2.11. The Morgan fingerprint density at radius 2 is 1.72 bits per heavy atom. The Labute approximate surface area is 149 Å². The molecule has 0 aliphatic heterocycles. The molecule has 0 bridgehead atoms. The number of hydrogen-bond acceptors (Lipinski definition) is 2. The molecule has 2 aromatic carbocycles. The lowest BCUT2D eigenvalue weighted by atomic mass is 10.1. The van der Waals surface area contributed by atoms with Crippen LogP contribution in [0, 0.1) is 6.92 Å². The van der Waals surface area contributed by atoms with Crippen molar-refractivity contribution in [2.24, 2.45) is 0 Å². The minimum atomic E-state index is -0.0946. The van der Waals surface area contributed by atoms with Gasteiger partial charge in [-0.15, -0.1) is 0 Å². The van der Waals surface area contributed by atoms with Gasteiger partial charge in [0, 0.05) is 24.7 Å². The van der Waals surface area contributed by atoms with Crippen LogP contribution in [0.4, 0.5) is 0 Å². The third kappa shape index (κ3) is 5.72. The lowest BCUT2D eigenvalue weighted by Crippen LogP contribution is -3.08. The summed E-state index contributed by atoms with van der Waals surface area (Å²) in [7, 11) is 3.60. The first-order valence-corrected chi connectivity index (χ1v) is 8.43. The number of aryl methyl sites for hydroxylation is 1. The molecule has 1 atom stereocenters. The molecular weight excluding hydrogens is 314 g/mol. The van der Waals surface area contributed by atoms with Crippen molar-refractivity contribution in [2.75, 3.05) is 20.6 Å². The van der Waals surface area contributed by atoms with Gasteiger partial charge in [-0.3, -0.25) is 9.59 Å². The smallest absolute Gasteiger partial charge is 0.275 e. The van der Waals surface area contributed by atoms with Crippen LogP contribution in [0.5, 0.6) is 0 Å². The molecule has 0 aliphatic carbocycles. The predicted molar refractivity (Wildman–Crippen MR) is 98.3 cm³/mol. The van der Waals surface area contributed by atoms with Crippen LogP contribution in [0.3, 0.4) is 0 Å². The standard InChI is InChI=1S/C20H25N3O2/c1-15-6-4-5-7-18(15)12-22-19(24)14-23(3)13-16-8-10-17(11-9-16)20(25)21-2/h4-11H,12-14H2,1-3H3,(H,21,25)(H,22,24)/p+1. The minimum absolute atomic E-state index is 0.0303. The van der Waals surface area contributed by atoms with E-state index < -0.39 is 0 Å². The monoisotopic (exact) mass is 340 g/mol. The number of carbonyl (C=O) groups is 2. The molecular formula is C20H26N3O2+. The highest BCUT2D eigenvalue weighted by atomic mass is 16.2. The predicted octanol–water partition coefficient (Wildman–Crippen LogP) is 0.686. The Morgan fingerprint density at radius 3 is 2.36 bits per heavy atom. The van der Waals surface area contributed by atoms with Crippen molar-refractivity contribution in [1.82, 2.24) is 10.6 Å². The van der Waals surface area contributed by atoms with Crippen LogP contribution >= 0.6 is 0 Å². The molecule has 5 heteroatoms. The van der Waals surface area contributed by atoms with Gasteiger partial charge in [0.15, 0.2) is 6.54 Å². The maximum absolute atomic E-state index is 12.1. The lowest BCUT2D eigenvalue weighted by Gasteiger charge is -2.14. The van der Waals surface area contributed by atoms with Crippen LogP contribution in [0.15, 0.2) is 48.5 Å². The van der Waals surface area contributed by atoms with Crippen LogP contribution in [0.1, 0.15) is 27.0 Å². The molecule has 0 saturated carbocycles. The summed E-state index contributed by atoms with van der Waals surface area (Å²) in [5, 5.41) is 5.58. The third-order valence-corrected chi connectivity index (χ3v) is 4.15. The van der Waals surface area contributed by atoms with E-state index in [1.807, 2.05) is 50.4 Å². The Hall–Kier alpha value is -2.66. The number of quaternary nitrogens is 1. The molecule has 0 aliphatic rings. The van der Waals surface area contributed by atoms with Crippen LogP contribution in [0.2, 0.25) is 0 Å². The first-order valence-electron chi connectivity index (χ1n) is 8.43. The van der Waals surface area contributed by atoms with Crippen molar-refractivity contribution in [3.63, 3.8) is 0 Å². The number of benzene rings is 2. The highest BCUT2D eigenvalue weighted by molar-refractivity contribution is 5.93.